The van der Waals surface area contributed by atoms with Crippen LogP contribution in [0.4, 0.5) is 0 Å². The molecular weight excluding hydrogens is 146 g/mol. The summed E-state index contributed by atoms with van der Waals surface area (Å²) in [5.41, 5.74) is 6.37. The van der Waals surface area contributed by atoms with E-state index in [1.807, 2.05) is 0 Å². The number of hydrogen-bond donors (Lipinski definition) is 1. The van der Waals surface area contributed by atoms with Gasteiger partial charge in [-0.15, -0.1) is 0 Å². The lowest BCUT2D eigenvalue weighted by Gasteiger charge is -2.32. The fourth-order valence-corrected chi connectivity index (χ4v) is 2.56. The standard InChI is InChI=1S/C11H23N/c1-4-10-5-6-11(7-10,8-12)9(2)3/h9-10H,4-8,12H2,1-3H3. The molecule has 0 aliphatic heterocycles. The van der Waals surface area contributed by atoms with Gasteiger partial charge in [0.05, 0.1) is 0 Å². The van der Waals surface area contributed by atoms with Gasteiger partial charge >= 0.3 is 0 Å². The molecule has 72 valence electrons. The summed E-state index contributed by atoms with van der Waals surface area (Å²) in [6, 6.07) is 0. The van der Waals surface area contributed by atoms with Crippen LogP contribution in [0.3, 0.4) is 0 Å². The molecule has 1 heteroatoms. The molecule has 1 nitrogen and oxygen atoms in total. The Balaban J connectivity index is 2.59. The van der Waals surface area contributed by atoms with E-state index in [2.05, 4.69) is 20.8 Å². The van der Waals surface area contributed by atoms with Crippen molar-refractivity contribution in [2.24, 2.45) is 23.0 Å². The fourth-order valence-electron chi connectivity index (χ4n) is 2.56. The molecule has 0 heterocycles. The molecule has 2 atom stereocenters. The summed E-state index contributed by atoms with van der Waals surface area (Å²) in [6.07, 6.45) is 5.48. The molecule has 0 aromatic carbocycles. The smallest absolute Gasteiger partial charge is 0.00180 e. The molecule has 1 saturated carbocycles. The third kappa shape index (κ3) is 1.66. The average Bonchev–Trinajstić information content (AvgIpc) is 2.48. The van der Waals surface area contributed by atoms with E-state index in [1.165, 1.54) is 25.7 Å². The Morgan fingerprint density at radius 1 is 1.50 bits per heavy atom. The quantitative estimate of drug-likeness (QED) is 0.690. The van der Waals surface area contributed by atoms with Crippen molar-refractivity contribution in [1.82, 2.24) is 0 Å². The van der Waals surface area contributed by atoms with Gasteiger partial charge in [-0.3, -0.25) is 0 Å². The largest absolute Gasteiger partial charge is 0.330 e. The van der Waals surface area contributed by atoms with Crippen LogP contribution in [0, 0.1) is 17.3 Å². The zero-order valence-electron chi connectivity index (χ0n) is 8.77. The van der Waals surface area contributed by atoms with Gasteiger partial charge in [-0.05, 0) is 43.1 Å². The highest BCUT2D eigenvalue weighted by Gasteiger charge is 2.39. The first-order chi connectivity index (χ1) is 5.64. The monoisotopic (exact) mass is 169 g/mol. The molecule has 1 rings (SSSR count). The second-order valence-corrected chi connectivity index (χ2v) is 4.74. The molecule has 1 fully saturated rings. The SMILES string of the molecule is CCC1CCC(CN)(C(C)C)C1. The summed E-state index contributed by atoms with van der Waals surface area (Å²) < 4.78 is 0. The zero-order valence-corrected chi connectivity index (χ0v) is 8.77. The van der Waals surface area contributed by atoms with Gasteiger partial charge in [0.2, 0.25) is 0 Å². The molecular formula is C11H23N. The number of hydrogen-bond acceptors (Lipinski definition) is 1. The summed E-state index contributed by atoms with van der Waals surface area (Å²) in [7, 11) is 0. The van der Waals surface area contributed by atoms with Gasteiger partial charge in [0.1, 0.15) is 0 Å². The summed E-state index contributed by atoms with van der Waals surface area (Å²) >= 11 is 0. The minimum Gasteiger partial charge on any atom is -0.330 e. The van der Waals surface area contributed by atoms with Crippen LogP contribution in [0.15, 0.2) is 0 Å². The first-order valence-corrected chi connectivity index (χ1v) is 5.34. The van der Waals surface area contributed by atoms with Crippen LogP contribution in [-0.2, 0) is 0 Å². The van der Waals surface area contributed by atoms with E-state index >= 15 is 0 Å². The lowest BCUT2D eigenvalue weighted by molar-refractivity contribution is 0.198. The summed E-state index contributed by atoms with van der Waals surface area (Å²) in [4.78, 5) is 0. The second kappa shape index (κ2) is 3.78. The Morgan fingerprint density at radius 2 is 2.17 bits per heavy atom. The van der Waals surface area contributed by atoms with E-state index < -0.39 is 0 Å². The van der Waals surface area contributed by atoms with Crippen molar-refractivity contribution in [3.63, 3.8) is 0 Å². The van der Waals surface area contributed by atoms with Crippen molar-refractivity contribution in [2.75, 3.05) is 6.54 Å². The van der Waals surface area contributed by atoms with Crippen molar-refractivity contribution in [3.05, 3.63) is 0 Å². The summed E-state index contributed by atoms with van der Waals surface area (Å²) in [6.45, 7) is 7.84. The van der Waals surface area contributed by atoms with E-state index in [-0.39, 0.29) is 0 Å². The Morgan fingerprint density at radius 3 is 2.42 bits per heavy atom. The van der Waals surface area contributed by atoms with Crippen LogP contribution in [0.2, 0.25) is 0 Å². The van der Waals surface area contributed by atoms with Gasteiger partial charge in [-0.25, -0.2) is 0 Å². The highest BCUT2D eigenvalue weighted by atomic mass is 14.6. The lowest BCUT2D eigenvalue weighted by Crippen LogP contribution is -2.33. The van der Waals surface area contributed by atoms with Gasteiger partial charge < -0.3 is 5.73 Å². The van der Waals surface area contributed by atoms with E-state index in [9.17, 15) is 0 Å². The van der Waals surface area contributed by atoms with Crippen LogP contribution in [0.1, 0.15) is 46.5 Å². The van der Waals surface area contributed by atoms with Crippen LogP contribution in [0.25, 0.3) is 0 Å². The Labute approximate surface area is 76.7 Å². The molecule has 0 aromatic heterocycles. The van der Waals surface area contributed by atoms with Crippen molar-refractivity contribution in [3.8, 4) is 0 Å². The Kier molecular flexibility index (Phi) is 3.16. The van der Waals surface area contributed by atoms with E-state index in [0.717, 1.165) is 18.4 Å². The fraction of sp³-hybridized carbons (Fsp3) is 1.00. The molecule has 0 spiro atoms. The second-order valence-electron chi connectivity index (χ2n) is 4.74. The van der Waals surface area contributed by atoms with Gasteiger partial charge in [0.25, 0.3) is 0 Å². The Bertz CT molecular complexity index is 142. The minimum atomic E-state index is 0.487. The molecule has 0 radical (unpaired) electrons. The molecule has 12 heavy (non-hydrogen) atoms. The van der Waals surface area contributed by atoms with Gasteiger partial charge in [0, 0.05) is 0 Å². The van der Waals surface area contributed by atoms with Gasteiger partial charge in [-0.1, -0.05) is 27.2 Å². The van der Waals surface area contributed by atoms with Crippen LogP contribution in [-0.4, -0.2) is 6.54 Å². The van der Waals surface area contributed by atoms with E-state index in [4.69, 9.17) is 5.73 Å². The summed E-state index contributed by atoms with van der Waals surface area (Å²) in [5, 5.41) is 0. The van der Waals surface area contributed by atoms with Gasteiger partial charge in [0.15, 0.2) is 0 Å². The van der Waals surface area contributed by atoms with Crippen molar-refractivity contribution >= 4 is 0 Å². The molecule has 0 bridgehead atoms. The number of nitrogens with two attached hydrogens (primary N) is 1. The molecule has 0 aromatic rings. The number of rotatable bonds is 3. The molecule has 1 aliphatic rings. The molecule has 2 N–H and O–H groups in total. The Hall–Kier alpha value is -0.0400. The highest BCUT2D eigenvalue weighted by Crippen LogP contribution is 2.47. The lowest BCUT2D eigenvalue weighted by atomic mass is 9.75. The first kappa shape index (κ1) is 10.0. The van der Waals surface area contributed by atoms with Gasteiger partial charge in [-0.2, -0.15) is 0 Å². The van der Waals surface area contributed by atoms with Crippen molar-refractivity contribution in [1.29, 1.82) is 0 Å². The zero-order chi connectivity index (χ0) is 9.19. The van der Waals surface area contributed by atoms with Crippen molar-refractivity contribution < 1.29 is 0 Å². The molecule has 0 saturated heterocycles. The molecule has 0 amide bonds. The van der Waals surface area contributed by atoms with Crippen LogP contribution in [0.5, 0.6) is 0 Å². The highest BCUT2D eigenvalue weighted by molar-refractivity contribution is 4.91. The van der Waals surface area contributed by atoms with Crippen LogP contribution < -0.4 is 5.73 Å². The van der Waals surface area contributed by atoms with E-state index in [0.29, 0.717) is 5.41 Å². The first-order valence-electron chi connectivity index (χ1n) is 5.34. The summed E-state index contributed by atoms with van der Waals surface area (Å²) in [5.74, 6) is 1.72. The molecule has 2 unspecified atom stereocenters. The maximum atomic E-state index is 5.89. The average molecular weight is 169 g/mol. The maximum Gasteiger partial charge on any atom is -0.00180 e. The topological polar surface area (TPSA) is 26.0 Å². The maximum absolute atomic E-state index is 5.89. The third-order valence-corrected chi connectivity index (χ3v) is 3.95. The van der Waals surface area contributed by atoms with E-state index in [1.54, 1.807) is 0 Å². The van der Waals surface area contributed by atoms with Crippen LogP contribution >= 0.6 is 0 Å². The predicted octanol–water partition coefficient (Wildman–Crippen LogP) is 2.80. The predicted molar refractivity (Wildman–Crippen MR) is 54.0 cm³/mol. The minimum absolute atomic E-state index is 0.487. The molecule has 1 aliphatic carbocycles. The van der Waals surface area contributed by atoms with Crippen molar-refractivity contribution in [2.45, 2.75) is 46.5 Å². The normalized spacial score (nSPS) is 36.2. The third-order valence-electron chi connectivity index (χ3n) is 3.95.